The molecule has 6 heteroatoms. The first kappa shape index (κ1) is 15.0. The normalized spacial score (nSPS) is 14.3. The molecule has 0 fully saturated rings. The van der Waals surface area contributed by atoms with Gasteiger partial charge in [-0.2, -0.15) is 5.10 Å². The van der Waals surface area contributed by atoms with E-state index in [1.54, 1.807) is 0 Å². The lowest BCUT2D eigenvalue weighted by molar-refractivity contribution is 0.0919. The van der Waals surface area contributed by atoms with Gasteiger partial charge in [-0.15, -0.1) is 0 Å². The number of H-pyrrole nitrogens is 1. The topological polar surface area (TPSA) is 79.0 Å². The number of aromatic amines is 1. The second-order valence-electron chi connectivity index (χ2n) is 5.53. The molecule has 0 radical (unpaired) electrons. The van der Waals surface area contributed by atoms with Gasteiger partial charge in [0, 0.05) is 50.5 Å². The SMILES string of the molecule is CC(C)COCCCNC(=O)c1n[nH]c2c1CNCC2. The van der Waals surface area contributed by atoms with Crippen molar-refractivity contribution in [2.24, 2.45) is 5.92 Å². The van der Waals surface area contributed by atoms with Crippen LogP contribution < -0.4 is 10.6 Å². The Morgan fingerprint density at radius 3 is 3.15 bits per heavy atom. The molecule has 6 nitrogen and oxygen atoms in total. The zero-order valence-corrected chi connectivity index (χ0v) is 12.3. The Hall–Kier alpha value is -1.40. The van der Waals surface area contributed by atoms with Gasteiger partial charge in [-0.1, -0.05) is 13.8 Å². The summed E-state index contributed by atoms with van der Waals surface area (Å²) < 4.78 is 5.48. The van der Waals surface area contributed by atoms with Crippen LogP contribution in [-0.2, 0) is 17.7 Å². The molecular weight excluding hydrogens is 256 g/mol. The van der Waals surface area contributed by atoms with Crippen LogP contribution in [0.15, 0.2) is 0 Å². The average molecular weight is 280 g/mol. The van der Waals surface area contributed by atoms with Crippen molar-refractivity contribution in [2.75, 3.05) is 26.3 Å². The van der Waals surface area contributed by atoms with Crippen molar-refractivity contribution in [1.29, 1.82) is 0 Å². The van der Waals surface area contributed by atoms with Crippen molar-refractivity contribution in [3.05, 3.63) is 17.0 Å². The molecule has 112 valence electrons. The number of ether oxygens (including phenoxy) is 1. The van der Waals surface area contributed by atoms with Gasteiger partial charge in [-0.3, -0.25) is 9.89 Å². The first-order valence-corrected chi connectivity index (χ1v) is 7.31. The summed E-state index contributed by atoms with van der Waals surface area (Å²) >= 11 is 0. The van der Waals surface area contributed by atoms with Crippen molar-refractivity contribution >= 4 is 5.91 Å². The number of aromatic nitrogens is 2. The summed E-state index contributed by atoms with van der Waals surface area (Å²) in [6.07, 6.45) is 1.72. The summed E-state index contributed by atoms with van der Waals surface area (Å²) in [5, 5.41) is 13.2. The molecule has 1 aromatic rings. The van der Waals surface area contributed by atoms with E-state index in [4.69, 9.17) is 4.74 Å². The fourth-order valence-corrected chi connectivity index (χ4v) is 2.19. The predicted molar refractivity (Wildman–Crippen MR) is 76.6 cm³/mol. The maximum absolute atomic E-state index is 12.1. The van der Waals surface area contributed by atoms with Gasteiger partial charge >= 0.3 is 0 Å². The van der Waals surface area contributed by atoms with Gasteiger partial charge in [0.2, 0.25) is 0 Å². The van der Waals surface area contributed by atoms with E-state index in [2.05, 4.69) is 34.7 Å². The second kappa shape index (κ2) is 7.40. The van der Waals surface area contributed by atoms with E-state index in [9.17, 15) is 4.79 Å². The van der Waals surface area contributed by atoms with Gasteiger partial charge < -0.3 is 15.4 Å². The van der Waals surface area contributed by atoms with Crippen molar-refractivity contribution in [2.45, 2.75) is 33.2 Å². The molecule has 1 aliphatic rings. The standard InChI is InChI=1S/C14H24N4O2/c1-10(2)9-20-7-3-5-16-14(19)13-11-8-15-6-4-12(11)17-18-13/h10,15H,3-9H2,1-2H3,(H,16,19)(H,17,18). The van der Waals surface area contributed by atoms with E-state index in [0.29, 0.717) is 31.3 Å². The maximum atomic E-state index is 12.1. The Balaban J connectivity index is 1.71. The Labute approximate surface area is 119 Å². The van der Waals surface area contributed by atoms with Crippen LogP contribution in [-0.4, -0.2) is 42.4 Å². The van der Waals surface area contributed by atoms with Gasteiger partial charge in [0.15, 0.2) is 5.69 Å². The van der Waals surface area contributed by atoms with E-state index in [0.717, 1.165) is 37.3 Å². The molecule has 1 aliphatic heterocycles. The van der Waals surface area contributed by atoms with Crippen LogP contribution in [0.5, 0.6) is 0 Å². The van der Waals surface area contributed by atoms with Crippen LogP contribution in [0.2, 0.25) is 0 Å². The highest BCUT2D eigenvalue weighted by Gasteiger charge is 2.20. The summed E-state index contributed by atoms with van der Waals surface area (Å²) in [5.41, 5.74) is 2.61. The number of nitrogens with one attached hydrogen (secondary N) is 3. The lowest BCUT2D eigenvalue weighted by Crippen LogP contribution is -2.29. The lowest BCUT2D eigenvalue weighted by Gasteiger charge is -2.12. The number of rotatable bonds is 7. The van der Waals surface area contributed by atoms with Gasteiger partial charge in [-0.05, 0) is 12.3 Å². The van der Waals surface area contributed by atoms with Gasteiger partial charge in [0.1, 0.15) is 0 Å². The number of amides is 1. The van der Waals surface area contributed by atoms with Crippen molar-refractivity contribution in [3.8, 4) is 0 Å². The van der Waals surface area contributed by atoms with Crippen molar-refractivity contribution < 1.29 is 9.53 Å². The van der Waals surface area contributed by atoms with E-state index >= 15 is 0 Å². The zero-order chi connectivity index (χ0) is 14.4. The first-order chi connectivity index (χ1) is 9.68. The third kappa shape index (κ3) is 4.05. The Morgan fingerprint density at radius 1 is 1.50 bits per heavy atom. The fourth-order valence-electron chi connectivity index (χ4n) is 2.19. The minimum absolute atomic E-state index is 0.102. The summed E-state index contributed by atoms with van der Waals surface area (Å²) in [6, 6.07) is 0. The molecule has 0 spiro atoms. The quantitative estimate of drug-likeness (QED) is 0.647. The van der Waals surface area contributed by atoms with Gasteiger partial charge in [0.05, 0.1) is 0 Å². The highest BCUT2D eigenvalue weighted by atomic mass is 16.5. The smallest absolute Gasteiger partial charge is 0.272 e. The molecule has 0 unspecified atom stereocenters. The van der Waals surface area contributed by atoms with Crippen LogP contribution >= 0.6 is 0 Å². The summed E-state index contributed by atoms with van der Waals surface area (Å²) in [6.45, 7) is 7.96. The molecule has 0 aromatic carbocycles. The van der Waals surface area contributed by atoms with Crippen LogP contribution in [0.1, 0.15) is 42.0 Å². The van der Waals surface area contributed by atoms with Crippen molar-refractivity contribution in [1.82, 2.24) is 20.8 Å². The van der Waals surface area contributed by atoms with Crippen molar-refractivity contribution in [3.63, 3.8) is 0 Å². The average Bonchev–Trinajstić information content (AvgIpc) is 2.86. The summed E-state index contributed by atoms with van der Waals surface area (Å²) in [5.74, 6) is 0.447. The molecule has 1 amide bonds. The highest BCUT2D eigenvalue weighted by molar-refractivity contribution is 5.94. The molecule has 2 rings (SSSR count). The molecule has 0 saturated heterocycles. The number of nitrogens with zero attached hydrogens (tertiary/aromatic N) is 1. The summed E-state index contributed by atoms with van der Waals surface area (Å²) in [4.78, 5) is 12.1. The molecule has 0 aliphatic carbocycles. The fraction of sp³-hybridized carbons (Fsp3) is 0.714. The highest BCUT2D eigenvalue weighted by Crippen LogP contribution is 2.14. The number of fused-ring (bicyclic) bond motifs is 1. The lowest BCUT2D eigenvalue weighted by atomic mass is 10.1. The van der Waals surface area contributed by atoms with E-state index < -0.39 is 0 Å². The molecule has 20 heavy (non-hydrogen) atoms. The Bertz CT molecular complexity index is 442. The van der Waals surface area contributed by atoms with E-state index in [1.807, 2.05) is 0 Å². The number of carbonyl (C=O) groups is 1. The van der Waals surface area contributed by atoms with Gasteiger partial charge in [0.25, 0.3) is 5.91 Å². The maximum Gasteiger partial charge on any atom is 0.272 e. The van der Waals surface area contributed by atoms with E-state index in [1.165, 1.54) is 0 Å². The third-order valence-corrected chi connectivity index (χ3v) is 3.22. The monoisotopic (exact) mass is 280 g/mol. The van der Waals surface area contributed by atoms with Gasteiger partial charge in [-0.25, -0.2) is 0 Å². The Kier molecular flexibility index (Phi) is 5.55. The molecule has 0 saturated carbocycles. The predicted octanol–water partition coefficient (Wildman–Crippen LogP) is 0.848. The van der Waals surface area contributed by atoms with Crippen LogP contribution in [0.25, 0.3) is 0 Å². The molecule has 0 atom stereocenters. The Morgan fingerprint density at radius 2 is 2.35 bits per heavy atom. The molecule has 0 bridgehead atoms. The number of hydrogen-bond donors (Lipinski definition) is 3. The largest absolute Gasteiger partial charge is 0.381 e. The van der Waals surface area contributed by atoms with Crippen LogP contribution in [0, 0.1) is 5.92 Å². The second-order valence-corrected chi connectivity index (χ2v) is 5.53. The zero-order valence-electron chi connectivity index (χ0n) is 12.3. The van der Waals surface area contributed by atoms with Crippen LogP contribution in [0.4, 0.5) is 0 Å². The summed E-state index contributed by atoms with van der Waals surface area (Å²) in [7, 11) is 0. The molecule has 3 N–H and O–H groups in total. The minimum Gasteiger partial charge on any atom is -0.381 e. The first-order valence-electron chi connectivity index (χ1n) is 7.31. The minimum atomic E-state index is -0.102. The number of carbonyl (C=O) groups excluding carboxylic acids is 1. The third-order valence-electron chi connectivity index (χ3n) is 3.22. The molecule has 1 aromatic heterocycles. The molecular formula is C14H24N4O2. The van der Waals surface area contributed by atoms with E-state index in [-0.39, 0.29) is 5.91 Å². The molecule has 2 heterocycles. The van der Waals surface area contributed by atoms with Crippen LogP contribution in [0.3, 0.4) is 0 Å². The number of hydrogen-bond acceptors (Lipinski definition) is 4.